The summed E-state index contributed by atoms with van der Waals surface area (Å²) < 4.78 is 0. The van der Waals surface area contributed by atoms with Crippen molar-refractivity contribution in [2.45, 2.75) is 25.2 Å². The highest BCUT2D eigenvalue weighted by molar-refractivity contribution is 7.17. The van der Waals surface area contributed by atoms with Gasteiger partial charge in [-0.2, -0.15) is 0 Å². The molecule has 10 heteroatoms. The molecule has 0 radical (unpaired) electrons. The molecule has 8 aromatic rings. The second kappa shape index (κ2) is 16.6. The molecule has 0 amide bonds. The summed E-state index contributed by atoms with van der Waals surface area (Å²) in [5.41, 5.74) is 8.98. The molecule has 4 aromatic carbocycles. The van der Waals surface area contributed by atoms with E-state index in [0.29, 0.717) is 0 Å². The van der Waals surface area contributed by atoms with Crippen LogP contribution >= 0.6 is 0 Å². The second-order valence-electron chi connectivity index (χ2n) is 15.9. The predicted molar refractivity (Wildman–Crippen MR) is 254 cm³/mol. The van der Waals surface area contributed by atoms with Gasteiger partial charge in [-0.3, -0.25) is 0 Å². The maximum Gasteiger partial charge on any atom is 0.151 e. The Kier molecular flexibility index (Phi) is 10.4. The summed E-state index contributed by atoms with van der Waals surface area (Å²) in [4.78, 5) is 40.5. The van der Waals surface area contributed by atoms with Gasteiger partial charge >= 0.3 is 0 Å². The molecule has 0 spiro atoms. The summed E-state index contributed by atoms with van der Waals surface area (Å²) in [5, 5.41) is 4.71. The minimum absolute atomic E-state index is 0.734. The van der Waals surface area contributed by atoms with Crippen molar-refractivity contribution in [1.82, 2.24) is 39.9 Å². The zero-order valence-electron chi connectivity index (χ0n) is 34.5. The van der Waals surface area contributed by atoms with Crippen LogP contribution < -0.4 is 0 Å². The maximum atomic E-state index is 5.06. The zero-order valence-corrected chi connectivity index (χ0v) is 36.5. The average molecular weight is 835 g/mol. The quantitative estimate of drug-likeness (QED) is 0.119. The van der Waals surface area contributed by atoms with Gasteiger partial charge in [0.15, 0.2) is 23.3 Å². The fourth-order valence-electron chi connectivity index (χ4n) is 9.57. The third-order valence-electron chi connectivity index (χ3n) is 12.2. The SMILES string of the molecule is C[Si]1(CC[Si]2(C)C(c3ncccn3)=C(c3ccccc3)C(c3ccccc3)=C2c2ncccn2)C(c2ncccn2)=C(c2ccccc2)C(c2ccccc2)=C1c1ncccn1. The van der Waals surface area contributed by atoms with Gasteiger partial charge in [0, 0.05) is 49.6 Å². The first-order chi connectivity index (χ1) is 30.6. The highest BCUT2D eigenvalue weighted by Crippen LogP contribution is 2.60. The third-order valence-corrected chi connectivity index (χ3v) is 21.5. The number of rotatable bonds is 11. The lowest BCUT2D eigenvalue weighted by molar-refractivity contribution is 1.11. The molecule has 8 nitrogen and oxygen atoms in total. The Bertz CT molecular complexity index is 2580. The van der Waals surface area contributed by atoms with E-state index in [1.807, 2.05) is 73.8 Å². The van der Waals surface area contributed by atoms with Crippen LogP contribution in [0, 0.1) is 0 Å². The Balaban J connectivity index is 1.29. The lowest BCUT2D eigenvalue weighted by Crippen LogP contribution is -2.40. The van der Waals surface area contributed by atoms with Crippen LogP contribution in [0.25, 0.3) is 43.1 Å². The van der Waals surface area contributed by atoms with E-state index in [1.54, 1.807) is 0 Å². The van der Waals surface area contributed by atoms with Gasteiger partial charge in [0.05, 0.1) is 0 Å². The molecule has 0 saturated heterocycles. The molecular formula is C52H42N8Si2. The zero-order chi connectivity index (χ0) is 41.9. The minimum Gasteiger partial charge on any atom is -0.237 e. The molecule has 62 heavy (non-hydrogen) atoms. The van der Waals surface area contributed by atoms with E-state index in [9.17, 15) is 0 Å². The van der Waals surface area contributed by atoms with Crippen LogP contribution in [-0.4, -0.2) is 56.0 Å². The topological polar surface area (TPSA) is 103 Å². The molecule has 0 N–H and O–H groups in total. The van der Waals surface area contributed by atoms with Crippen molar-refractivity contribution in [3.8, 4) is 0 Å². The van der Waals surface area contributed by atoms with Crippen LogP contribution in [-0.2, 0) is 0 Å². The molecule has 0 fully saturated rings. The van der Waals surface area contributed by atoms with Crippen molar-refractivity contribution < 1.29 is 0 Å². The smallest absolute Gasteiger partial charge is 0.151 e. The van der Waals surface area contributed by atoms with Crippen molar-refractivity contribution in [3.05, 3.63) is 241 Å². The molecule has 4 aromatic heterocycles. The van der Waals surface area contributed by atoms with E-state index in [0.717, 1.165) is 79.9 Å². The predicted octanol–water partition coefficient (Wildman–Crippen LogP) is 10.9. The van der Waals surface area contributed by atoms with Crippen molar-refractivity contribution in [2.75, 3.05) is 0 Å². The number of aromatic nitrogens is 8. The van der Waals surface area contributed by atoms with E-state index in [-0.39, 0.29) is 0 Å². The molecule has 0 saturated carbocycles. The number of hydrogen-bond acceptors (Lipinski definition) is 8. The molecule has 2 aliphatic rings. The van der Waals surface area contributed by atoms with Gasteiger partial charge < -0.3 is 0 Å². The van der Waals surface area contributed by atoms with Crippen LogP contribution in [0.4, 0.5) is 0 Å². The molecule has 0 atom stereocenters. The van der Waals surface area contributed by atoms with Gasteiger partial charge in [-0.25, -0.2) is 39.9 Å². The Hall–Kier alpha value is -7.41. The van der Waals surface area contributed by atoms with Crippen molar-refractivity contribution in [1.29, 1.82) is 0 Å². The lowest BCUT2D eigenvalue weighted by Gasteiger charge is -2.35. The molecule has 0 aliphatic carbocycles. The first-order valence-corrected chi connectivity index (χ1v) is 26.3. The van der Waals surface area contributed by atoms with Crippen molar-refractivity contribution in [3.63, 3.8) is 0 Å². The number of hydrogen-bond donors (Lipinski definition) is 0. The highest BCUT2D eigenvalue weighted by Gasteiger charge is 2.54. The second-order valence-corrected chi connectivity index (χ2v) is 24.2. The normalized spacial score (nSPS) is 15.7. The van der Waals surface area contributed by atoms with E-state index in [4.69, 9.17) is 39.9 Å². The van der Waals surface area contributed by atoms with E-state index >= 15 is 0 Å². The monoisotopic (exact) mass is 834 g/mol. The van der Waals surface area contributed by atoms with Gasteiger partial charge in [0.2, 0.25) is 0 Å². The fraction of sp³-hybridized carbons (Fsp3) is 0.0769. The Labute approximate surface area is 363 Å². The summed E-state index contributed by atoms with van der Waals surface area (Å²) >= 11 is 0. The van der Waals surface area contributed by atoms with Crippen LogP contribution in [0.15, 0.2) is 195 Å². The fourth-order valence-corrected chi connectivity index (χ4v) is 20.8. The molecule has 6 heterocycles. The molecule has 298 valence electrons. The molecule has 0 unspecified atom stereocenters. The summed E-state index contributed by atoms with van der Waals surface area (Å²) in [6.07, 6.45) is 14.9. The molecule has 0 bridgehead atoms. The van der Waals surface area contributed by atoms with Crippen molar-refractivity contribution in [2.24, 2.45) is 0 Å². The Morgan fingerprint density at radius 3 is 0.661 bits per heavy atom. The minimum atomic E-state index is -2.98. The van der Waals surface area contributed by atoms with Gasteiger partial charge in [0.25, 0.3) is 0 Å². The average Bonchev–Trinajstić information content (AvgIpc) is 3.79. The highest BCUT2D eigenvalue weighted by atomic mass is 28.3. The molecular weight excluding hydrogens is 793 g/mol. The van der Waals surface area contributed by atoms with Gasteiger partial charge in [-0.1, -0.05) is 147 Å². The van der Waals surface area contributed by atoms with Crippen LogP contribution in [0.1, 0.15) is 45.6 Å². The maximum absolute atomic E-state index is 5.06. The summed E-state index contributed by atoms with van der Waals surface area (Å²) in [6, 6.07) is 52.0. The van der Waals surface area contributed by atoms with E-state index < -0.39 is 16.1 Å². The molecule has 10 rings (SSSR count). The summed E-state index contributed by atoms with van der Waals surface area (Å²) in [6.45, 7) is 4.97. The van der Waals surface area contributed by atoms with Crippen molar-refractivity contribution >= 4 is 59.2 Å². The standard InChI is InChI=1S/C52H42N8Si2/c1-61(45(49-53-27-15-28-54-49)41(37-19-7-3-8-20-37)42(38-21-9-4-10-22-38)46(61)50-55-29-16-30-56-50)35-36-62(2)47(51-57-31-17-32-58-51)43(39-23-11-5-12-24-39)44(40-25-13-6-14-26-40)48(62)52-59-33-18-34-60-52/h3-34H,35-36H2,1-2H3. The van der Waals surface area contributed by atoms with E-state index in [2.05, 4.69) is 134 Å². The Morgan fingerprint density at radius 2 is 0.468 bits per heavy atom. The summed E-state index contributed by atoms with van der Waals surface area (Å²) in [7, 11) is -5.96. The largest absolute Gasteiger partial charge is 0.237 e. The number of nitrogens with zero attached hydrogens (tertiary/aromatic N) is 8. The Morgan fingerprint density at radius 1 is 0.274 bits per heavy atom. The third kappa shape index (κ3) is 6.79. The van der Waals surface area contributed by atoms with E-state index in [1.165, 1.54) is 20.8 Å². The van der Waals surface area contributed by atoms with Crippen LogP contribution in [0.3, 0.4) is 0 Å². The van der Waals surface area contributed by atoms with Gasteiger partial charge in [-0.15, -0.1) is 0 Å². The first kappa shape index (κ1) is 38.8. The lowest BCUT2D eigenvalue weighted by atomic mass is 9.91. The number of benzene rings is 4. The van der Waals surface area contributed by atoms with Crippen LogP contribution in [0.5, 0.6) is 0 Å². The molecule has 2 aliphatic heterocycles. The summed E-state index contributed by atoms with van der Waals surface area (Å²) in [5.74, 6) is 2.93. The van der Waals surface area contributed by atoms with Crippen LogP contribution in [0.2, 0.25) is 25.2 Å². The van der Waals surface area contributed by atoms with Gasteiger partial charge in [-0.05, 0) is 89.6 Å². The number of allylic oxidation sites excluding steroid dienone is 4. The first-order valence-electron chi connectivity index (χ1n) is 20.9. The van der Waals surface area contributed by atoms with Gasteiger partial charge in [0.1, 0.15) is 16.1 Å².